The predicted molar refractivity (Wildman–Crippen MR) is 153 cm³/mol. The number of hydrazine groups is 1. The molecule has 0 radical (unpaired) electrons. The van der Waals surface area contributed by atoms with E-state index < -0.39 is 23.8 Å². The maximum atomic E-state index is 14.2. The molecule has 0 bridgehead atoms. The van der Waals surface area contributed by atoms with Crippen LogP contribution < -0.4 is 5.32 Å². The Morgan fingerprint density at radius 2 is 1.57 bits per heavy atom. The van der Waals surface area contributed by atoms with Crippen molar-refractivity contribution in [3.05, 3.63) is 107 Å². The van der Waals surface area contributed by atoms with Crippen LogP contribution >= 0.6 is 0 Å². The first kappa shape index (κ1) is 32.3. The van der Waals surface area contributed by atoms with Crippen LogP contribution in [-0.2, 0) is 27.5 Å². The average molecular weight is 584 g/mol. The van der Waals surface area contributed by atoms with E-state index in [1.165, 1.54) is 38.0 Å². The highest BCUT2D eigenvalue weighted by Crippen LogP contribution is 2.34. The second kappa shape index (κ2) is 15.1. The molecule has 3 aromatic carbocycles. The van der Waals surface area contributed by atoms with Gasteiger partial charge in [-0.15, -0.1) is 0 Å². The van der Waals surface area contributed by atoms with Crippen molar-refractivity contribution < 1.29 is 27.6 Å². The summed E-state index contributed by atoms with van der Waals surface area (Å²) in [7, 11) is 3.48. The maximum absolute atomic E-state index is 14.2. The molecule has 2 atom stereocenters. The average Bonchev–Trinajstić information content (AvgIpc) is 2.98. The van der Waals surface area contributed by atoms with Crippen molar-refractivity contribution in [3.8, 4) is 0 Å². The molecule has 0 aliphatic carbocycles. The first-order chi connectivity index (χ1) is 20.2. The smallest absolute Gasteiger partial charge is 0.250 e. The number of likely N-dealkylation sites (N-methyl/N-ethyl adjacent to an activating group) is 1. The third kappa shape index (κ3) is 7.54. The lowest BCUT2D eigenvalue weighted by Gasteiger charge is -2.53. The van der Waals surface area contributed by atoms with Gasteiger partial charge in [0.05, 0.1) is 13.1 Å². The number of rotatable bonds is 6. The largest absolute Gasteiger partial charge is 0.332 e. The highest BCUT2D eigenvalue weighted by Gasteiger charge is 2.49. The predicted octanol–water partition coefficient (Wildman–Crippen LogP) is 4.09. The van der Waals surface area contributed by atoms with Gasteiger partial charge in [-0.25, -0.2) is 18.2 Å². The lowest BCUT2D eigenvalue weighted by Crippen LogP contribution is -2.71. The molecule has 224 valence electrons. The van der Waals surface area contributed by atoms with Gasteiger partial charge in [0, 0.05) is 31.8 Å². The molecule has 0 aromatic heterocycles. The number of benzene rings is 3. The lowest BCUT2D eigenvalue weighted by atomic mass is 9.98. The van der Waals surface area contributed by atoms with Gasteiger partial charge in [0.2, 0.25) is 12.3 Å². The molecule has 2 fully saturated rings. The first-order valence-corrected chi connectivity index (χ1v) is 13.7. The summed E-state index contributed by atoms with van der Waals surface area (Å²) >= 11 is 0. The van der Waals surface area contributed by atoms with Crippen LogP contribution in [0.1, 0.15) is 36.6 Å². The molecule has 2 aliphatic heterocycles. The summed E-state index contributed by atoms with van der Waals surface area (Å²) in [4.78, 5) is 40.8. The third-order valence-corrected chi connectivity index (χ3v) is 6.77. The molecule has 42 heavy (non-hydrogen) atoms. The Hall–Kier alpha value is -4.22. The quantitative estimate of drug-likeness (QED) is 0.443. The number of halogens is 3. The number of amides is 3. The Labute approximate surface area is 244 Å². The Kier molecular flexibility index (Phi) is 11.6. The molecule has 2 aliphatic rings. The molecule has 0 spiro atoms. The Balaban J connectivity index is 0.000000340. The lowest BCUT2D eigenvalue weighted by molar-refractivity contribution is -0.197. The van der Waals surface area contributed by atoms with Crippen molar-refractivity contribution in [2.24, 2.45) is 0 Å². The molecule has 1 unspecified atom stereocenters. The van der Waals surface area contributed by atoms with E-state index in [-0.39, 0.29) is 42.8 Å². The molecule has 2 heterocycles. The number of piperazine rings is 1. The minimum absolute atomic E-state index is 0.00774. The van der Waals surface area contributed by atoms with E-state index in [4.69, 9.17) is 0 Å². The molecule has 11 heteroatoms. The maximum Gasteiger partial charge on any atom is 0.250 e. The van der Waals surface area contributed by atoms with Crippen LogP contribution in [0.4, 0.5) is 13.2 Å². The number of carbonyl (C=O) groups excluding carboxylic acids is 3. The van der Waals surface area contributed by atoms with Crippen LogP contribution in [0, 0.1) is 17.5 Å². The fourth-order valence-electron chi connectivity index (χ4n) is 4.84. The van der Waals surface area contributed by atoms with E-state index in [0.29, 0.717) is 12.0 Å². The zero-order chi connectivity index (χ0) is 30.8. The Morgan fingerprint density at radius 3 is 2.17 bits per heavy atom. The second-order valence-corrected chi connectivity index (χ2v) is 9.51. The van der Waals surface area contributed by atoms with Gasteiger partial charge in [-0.2, -0.15) is 0 Å². The minimum Gasteiger partial charge on any atom is -0.332 e. The number of nitrogens with zero attached hydrogens (tertiary/aromatic N) is 4. The van der Waals surface area contributed by atoms with Crippen LogP contribution in [0.3, 0.4) is 0 Å². The minimum atomic E-state index is -0.947. The summed E-state index contributed by atoms with van der Waals surface area (Å²) in [6.07, 6.45) is -0.126. The SMILES string of the molecule is CC.CN1CC(=O)N2C(CN(Cc3ccc(F)cc3F)C(=O)[C@@H]2c2ccccc2)N1C=O.CNCc1ccc(F)cc1. The van der Waals surface area contributed by atoms with E-state index in [1.807, 2.05) is 20.9 Å². The van der Waals surface area contributed by atoms with Crippen LogP contribution in [-0.4, -0.2) is 71.4 Å². The van der Waals surface area contributed by atoms with E-state index in [0.717, 1.165) is 24.2 Å². The summed E-state index contributed by atoms with van der Waals surface area (Å²) in [6.45, 7) is 4.65. The molecule has 8 nitrogen and oxygen atoms in total. The summed E-state index contributed by atoms with van der Waals surface area (Å²) in [5.74, 6) is -2.31. The molecule has 3 aromatic rings. The van der Waals surface area contributed by atoms with Gasteiger partial charge < -0.3 is 15.1 Å². The number of hydrogen-bond donors (Lipinski definition) is 1. The number of nitrogens with one attached hydrogen (secondary N) is 1. The van der Waals surface area contributed by atoms with Crippen molar-refractivity contribution >= 4 is 18.2 Å². The zero-order valence-electron chi connectivity index (χ0n) is 24.1. The summed E-state index contributed by atoms with van der Waals surface area (Å²) in [6, 6.07) is 17.5. The van der Waals surface area contributed by atoms with Gasteiger partial charge in [0.15, 0.2) is 0 Å². The standard InChI is InChI=1S/C21H20F2N4O3.C8H10FN.C2H6/c1-24-12-19(29)27-18(26(24)13-28)11-25(10-15-7-8-16(22)9-17(15)23)21(30)20(27)14-5-3-2-4-6-14;1-10-6-7-2-4-8(9)5-3-7;1-2/h2-9,13,18,20H,10-12H2,1H3;2-5,10H,6H2,1H3;1-2H3/t18?,20-;;/m0../s1. The van der Waals surface area contributed by atoms with Crippen LogP contribution in [0.25, 0.3) is 0 Å². The summed E-state index contributed by atoms with van der Waals surface area (Å²) < 4.78 is 39.8. The van der Waals surface area contributed by atoms with E-state index >= 15 is 0 Å². The highest BCUT2D eigenvalue weighted by atomic mass is 19.1. The fourth-order valence-corrected chi connectivity index (χ4v) is 4.84. The number of hydrogen-bond acceptors (Lipinski definition) is 5. The fraction of sp³-hybridized carbons (Fsp3) is 0.323. The van der Waals surface area contributed by atoms with Crippen LogP contribution in [0.2, 0.25) is 0 Å². The van der Waals surface area contributed by atoms with Crippen molar-refractivity contribution in [1.29, 1.82) is 0 Å². The van der Waals surface area contributed by atoms with Crippen LogP contribution in [0.15, 0.2) is 72.8 Å². The van der Waals surface area contributed by atoms with Crippen molar-refractivity contribution in [2.45, 2.75) is 39.1 Å². The van der Waals surface area contributed by atoms with E-state index in [1.54, 1.807) is 49.5 Å². The highest BCUT2D eigenvalue weighted by molar-refractivity contribution is 5.91. The second-order valence-electron chi connectivity index (χ2n) is 9.51. The zero-order valence-corrected chi connectivity index (χ0v) is 24.1. The molecule has 2 saturated heterocycles. The van der Waals surface area contributed by atoms with Gasteiger partial charge in [-0.05, 0) is 36.4 Å². The van der Waals surface area contributed by atoms with E-state index in [9.17, 15) is 27.6 Å². The van der Waals surface area contributed by atoms with Crippen molar-refractivity contribution in [1.82, 2.24) is 25.1 Å². The van der Waals surface area contributed by atoms with Crippen LogP contribution in [0.5, 0.6) is 0 Å². The number of fused-ring (bicyclic) bond motifs is 1. The topological polar surface area (TPSA) is 76.2 Å². The summed E-state index contributed by atoms with van der Waals surface area (Å²) in [5.41, 5.74) is 1.85. The summed E-state index contributed by atoms with van der Waals surface area (Å²) in [5, 5.41) is 5.83. The monoisotopic (exact) mass is 583 g/mol. The molecular weight excluding hydrogens is 547 g/mol. The molecule has 0 saturated carbocycles. The van der Waals surface area contributed by atoms with Gasteiger partial charge >= 0.3 is 0 Å². The van der Waals surface area contributed by atoms with E-state index in [2.05, 4.69) is 5.32 Å². The Bertz CT molecular complexity index is 1340. The Morgan fingerprint density at radius 1 is 0.929 bits per heavy atom. The van der Waals surface area contributed by atoms with Gasteiger partial charge in [-0.1, -0.05) is 62.4 Å². The van der Waals surface area contributed by atoms with Gasteiger partial charge in [-0.3, -0.25) is 19.4 Å². The molecule has 3 amide bonds. The third-order valence-electron chi connectivity index (χ3n) is 6.77. The van der Waals surface area contributed by atoms with Crippen molar-refractivity contribution in [3.63, 3.8) is 0 Å². The molecular formula is C31H36F3N5O3. The molecule has 1 N–H and O–H groups in total. The number of carbonyl (C=O) groups is 3. The normalized spacial score (nSPS) is 18.4. The van der Waals surface area contributed by atoms with Gasteiger partial charge in [0.1, 0.15) is 29.7 Å². The first-order valence-electron chi connectivity index (χ1n) is 13.7. The van der Waals surface area contributed by atoms with Gasteiger partial charge in [0.25, 0.3) is 5.91 Å². The van der Waals surface area contributed by atoms with Crippen molar-refractivity contribution in [2.75, 3.05) is 27.2 Å². The molecule has 5 rings (SSSR count).